The molecule has 0 saturated heterocycles. The quantitative estimate of drug-likeness (QED) is 0.133. The van der Waals surface area contributed by atoms with Crippen LogP contribution in [0.5, 0.6) is 5.75 Å². The van der Waals surface area contributed by atoms with Crippen LogP contribution in [0.2, 0.25) is 15.1 Å². The van der Waals surface area contributed by atoms with Crippen LogP contribution in [0.15, 0.2) is 59.7 Å². The molecule has 0 aromatic heterocycles. The van der Waals surface area contributed by atoms with E-state index in [1.807, 2.05) is 13.0 Å². The van der Waals surface area contributed by atoms with Gasteiger partial charge in [-0.1, -0.05) is 101 Å². The van der Waals surface area contributed by atoms with E-state index in [1.165, 1.54) is 23.8 Å². The Hall–Kier alpha value is -1.67. The molecule has 0 radical (unpaired) electrons. The van der Waals surface area contributed by atoms with Gasteiger partial charge in [0.05, 0.1) is 15.1 Å². The summed E-state index contributed by atoms with van der Waals surface area (Å²) in [6.45, 7) is 15.0. The van der Waals surface area contributed by atoms with E-state index in [1.54, 1.807) is 18.2 Å². The van der Waals surface area contributed by atoms with Crippen LogP contribution in [0.1, 0.15) is 89.2 Å². The number of halogens is 7. The van der Waals surface area contributed by atoms with Gasteiger partial charge in [0, 0.05) is 16.8 Å². The van der Waals surface area contributed by atoms with Crippen LogP contribution in [0.25, 0.3) is 0 Å². The summed E-state index contributed by atoms with van der Waals surface area (Å²) in [5, 5.41) is 10.9. The van der Waals surface area contributed by atoms with E-state index in [4.69, 9.17) is 45.3 Å². The number of benzene rings is 3. The van der Waals surface area contributed by atoms with Crippen molar-refractivity contribution >= 4 is 93.6 Å². The van der Waals surface area contributed by atoms with Gasteiger partial charge >= 0.3 is 23.9 Å². The van der Waals surface area contributed by atoms with E-state index in [0.717, 1.165) is 23.4 Å². The minimum absolute atomic E-state index is 0. The molecule has 0 spiro atoms. The minimum atomic E-state index is -1.28. The van der Waals surface area contributed by atoms with Crippen LogP contribution in [0, 0.1) is 0 Å². The summed E-state index contributed by atoms with van der Waals surface area (Å²) in [7, 11) is 0. The molecule has 53 heavy (non-hydrogen) atoms. The number of amidine groups is 1. The van der Waals surface area contributed by atoms with Crippen molar-refractivity contribution in [1.29, 1.82) is 0 Å². The molecule has 3 aromatic rings. The molecule has 4 rings (SSSR count). The maximum Gasteiger partial charge on any atom is 4.00 e. The summed E-state index contributed by atoms with van der Waals surface area (Å²) in [6, 6.07) is 14.3. The van der Waals surface area contributed by atoms with Gasteiger partial charge in [0.15, 0.2) is 11.9 Å². The zero-order valence-electron chi connectivity index (χ0n) is 30.2. The topological polar surface area (TPSA) is 126 Å². The molecular formula is C36H42Cl7N5O4Sn. The molecule has 2 unspecified atom stereocenters. The van der Waals surface area contributed by atoms with Crippen molar-refractivity contribution in [3.05, 3.63) is 86.4 Å². The number of amides is 3. The third-order valence-corrected chi connectivity index (χ3v) is 10.1. The van der Waals surface area contributed by atoms with E-state index in [2.05, 4.69) is 69.4 Å². The normalized spacial score (nSPS) is 14.2. The van der Waals surface area contributed by atoms with E-state index >= 15 is 0 Å². The van der Waals surface area contributed by atoms with Crippen molar-refractivity contribution < 1.29 is 68.7 Å². The Kier molecular flexibility index (Phi) is 22.3. The number of carbonyl (C=O) groups excluding carboxylic acids is 3. The van der Waals surface area contributed by atoms with Gasteiger partial charge in [-0.05, 0) is 72.1 Å². The molecular weight excluding hydrogens is 933 g/mol. The fraction of sp³-hybridized carbons (Fsp3) is 0.389. The maximum absolute atomic E-state index is 13.5. The number of carbonyl (C=O) groups is 3. The largest absolute Gasteiger partial charge is 4.00 e. The Balaban J connectivity index is 0. The Bertz CT molecular complexity index is 1780. The first-order valence-corrected chi connectivity index (χ1v) is 17.0. The van der Waals surface area contributed by atoms with E-state index in [-0.39, 0.29) is 122 Å². The number of hydrogen-bond acceptors (Lipinski definition) is 6. The second-order valence-electron chi connectivity index (χ2n) is 13.0. The monoisotopic (exact) mass is 973 g/mol. The van der Waals surface area contributed by atoms with E-state index in [0.29, 0.717) is 17.9 Å². The number of ether oxygens (including phenoxy) is 1. The molecule has 4 N–H and O–H groups in total. The van der Waals surface area contributed by atoms with Gasteiger partial charge in [0.25, 0.3) is 17.7 Å². The number of anilines is 2. The first kappa shape index (κ1) is 53.4. The maximum atomic E-state index is 13.5. The van der Waals surface area contributed by atoms with Crippen molar-refractivity contribution in [2.75, 3.05) is 10.3 Å². The SMILES string of the molecule is CCC(Oc1ccc(C(C)(C)CC)cc1C(C)(C)CC)C(=O)Nc1cccc(C(=O)NC2=NN(c3c(Cl)ccc(Cl)c3Cl)C(=O)C2N)c1.[Cl-].[Cl-].[Cl-].[Cl-].[Sn+4]. The Labute approximate surface area is 368 Å². The molecule has 1 heterocycles. The number of hydrogen-bond donors (Lipinski definition) is 3. The number of nitrogens with two attached hydrogens (primary N) is 1. The summed E-state index contributed by atoms with van der Waals surface area (Å²) >= 11 is 18.7. The van der Waals surface area contributed by atoms with Gasteiger partial charge in [-0.3, -0.25) is 14.4 Å². The molecule has 1 aliphatic heterocycles. The molecule has 0 bridgehead atoms. The standard InChI is InChI=1S/C36H42Cl3N5O4.4ClH.Sn/c1-8-26(48-27-17-14-21(35(4,5)9-2)19-23(27)36(6,7)10-3)33(46)41-22-13-11-12-20(18-22)32(45)42-31-29(40)34(47)44(43-31)30-25(38)16-15-24(37)28(30)39;;;;;/h11-19,26,29H,8-10,40H2,1-7H3,(H,41,46)(H,42,43,45);4*1H;/q;;;;;+4/p-4. The van der Waals surface area contributed by atoms with Crippen LogP contribution in [0.3, 0.4) is 0 Å². The number of nitrogens with zero attached hydrogens (tertiary/aromatic N) is 2. The first-order chi connectivity index (χ1) is 22.5. The van der Waals surface area contributed by atoms with Crippen LogP contribution in [0.4, 0.5) is 11.4 Å². The number of hydrazone groups is 1. The van der Waals surface area contributed by atoms with Crippen LogP contribution < -0.4 is 75.7 Å². The summed E-state index contributed by atoms with van der Waals surface area (Å²) < 4.78 is 6.39. The smallest absolute Gasteiger partial charge is 1.00 e. The van der Waals surface area contributed by atoms with Crippen molar-refractivity contribution in [1.82, 2.24) is 5.32 Å². The molecule has 17 heteroatoms. The number of nitrogens with one attached hydrogen (secondary N) is 2. The Morgan fingerprint density at radius 1 is 0.887 bits per heavy atom. The van der Waals surface area contributed by atoms with Gasteiger partial charge in [0.2, 0.25) is 0 Å². The average Bonchev–Trinajstić information content (AvgIpc) is 3.33. The minimum Gasteiger partial charge on any atom is -1.00 e. The van der Waals surface area contributed by atoms with Crippen LogP contribution >= 0.6 is 34.8 Å². The van der Waals surface area contributed by atoms with Crippen LogP contribution in [-0.2, 0) is 20.4 Å². The predicted octanol–water partition coefficient (Wildman–Crippen LogP) is -4.13. The van der Waals surface area contributed by atoms with Crippen molar-refractivity contribution in [2.45, 2.75) is 90.7 Å². The first-order valence-electron chi connectivity index (χ1n) is 15.9. The van der Waals surface area contributed by atoms with Gasteiger partial charge in [-0.25, -0.2) is 0 Å². The summed E-state index contributed by atoms with van der Waals surface area (Å²) in [5.74, 6) is -1.04. The second-order valence-corrected chi connectivity index (χ2v) is 14.2. The van der Waals surface area contributed by atoms with Gasteiger partial charge < -0.3 is 70.7 Å². The molecule has 1 aliphatic rings. The molecule has 0 aliphatic carbocycles. The molecule has 9 nitrogen and oxygen atoms in total. The summed E-state index contributed by atoms with van der Waals surface area (Å²) in [5.41, 5.74) is 8.82. The van der Waals surface area contributed by atoms with Gasteiger partial charge in [0.1, 0.15) is 17.5 Å². The second kappa shape index (κ2) is 22.2. The fourth-order valence-corrected chi connectivity index (χ4v) is 5.73. The summed E-state index contributed by atoms with van der Waals surface area (Å²) in [4.78, 5) is 39.7. The molecule has 3 aromatic carbocycles. The third kappa shape index (κ3) is 12.2. The average molecular weight is 976 g/mol. The summed E-state index contributed by atoms with van der Waals surface area (Å²) in [6.07, 6.45) is 1.51. The van der Waals surface area contributed by atoms with Crippen molar-refractivity contribution in [3.63, 3.8) is 0 Å². The Morgan fingerprint density at radius 2 is 1.49 bits per heavy atom. The van der Waals surface area contributed by atoms with E-state index < -0.39 is 24.0 Å². The van der Waals surface area contributed by atoms with Gasteiger partial charge in [-0.15, -0.1) is 5.10 Å². The number of rotatable bonds is 11. The zero-order valence-corrected chi connectivity index (χ0v) is 38.4. The predicted molar refractivity (Wildman–Crippen MR) is 200 cm³/mol. The molecule has 3 amide bonds. The Morgan fingerprint density at radius 3 is 2.08 bits per heavy atom. The van der Waals surface area contributed by atoms with E-state index in [9.17, 15) is 14.4 Å². The van der Waals surface area contributed by atoms with Crippen molar-refractivity contribution in [2.24, 2.45) is 10.8 Å². The molecule has 288 valence electrons. The molecule has 0 saturated carbocycles. The fourth-order valence-electron chi connectivity index (χ4n) is 5.04. The van der Waals surface area contributed by atoms with Crippen LogP contribution in [-0.4, -0.2) is 59.6 Å². The molecule has 0 fully saturated rings. The zero-order chi connectivity index (χ0) is 35.6. The molecule has 2 atom stereocenters. The third-order valence-electron chi connectivity index (χ3n) is 9.03. The van der Waals surface area contributed by atoms with Gasteiger partial charge in [-0.2, -0.15) is 5.01 Å². The van der Waals surface area contributed by atoms with Crippen molar-refractivity contribution in [3.8, 4) is 5.75 Å².